The minimum Gasteiger partial charge on any atom is -0.481 e. The summed E-state index contributed by atoms with van der Waals surface area (Å²) in [6, 6.07) is 1.87. The second-order valence-corrected chi connectivity index (χ2v) is 5.42. The Hall–Kier alpha value is -1.82. The quantitative estimate of drug-likeness (QED) is 0.685. The van der Waals surface area contributed by atoms with Crippen LogP contribution in [0.3, 0.4) is 0 Å². The van der Waals surface area contributed by atoms with E-state index in [1.807, 2.05) is 7.05 Å². The van der Waals surface area contributed by atoms with Crippen molar-refractivity contribution in [2.45, 2.75) is 25.2 Å². The first-order valence-electron chi connectivity index (χ1n) is 6.81. The Morgan fingerprint density at radius 1 is 1.24 bits per heavy atom. The molecular formula is C15H17F2NO3. The molecular weight excluding hydrogens is 280 g/mol. The summed E-state index contributed by atoms with van der Waals surface area (Å²) in [6.45, 7) is 1.62. The first-order chi connectivity index (χ1) is 9.88. The molecule has 1 saturated heterocycles. The zero-order valence-corrected chi connectivity index (χ0v) is 11.7. The van der Waals surface area contributed by atoms with E-state index in [1.165, 1.54) is 0 Å². The molecule has 1 heterocycles. The zero-order chi connectivity index (χ0) is 15.6. The highest BCUT2D eigenvalue weighted by Gasteiger charge is 2.24. The predicted molar refractivity (Wildman–Crippen MR) is 72.4 cm³/mol. The SMILES string of the molecule is CN1CCC(c2cc(F)c(C(=O)CC(=O)O)cc2F)CC1. The van der Waals surface area contributed by atoms with E-state index in [2.05, 4.69) is 4.90 Å². The fourth-order valence-electron chi connectivity index (χ4n) is 2.64. The van der Waals surface area contributed by atoms with E-state index in [4.69, 9.17) is 5.11 Å². The number of ketones is 1. The number of benzene rings is 1. The van der Waals surface area contributed by atoms with Crippen LogP contribution in [0.15, 0.2) is 12.1 Å². The number of aliphatic carboxylic acids is 1. The number of piperidine rings is 1. The third-order valence-electron chi connectivity index (χ3n) is 3.86. The van der Waals surface area contributed by atoms with Crippen LogP contribution in [0.5, 0.6) is 0 Å². The highest BCUT2D eigenvalue weighted by molar-refractivity contribution is 6.05. The van der Waals surface area contributed by atoms with Crippen LogP contribution < -0.4 is 0 Å². The number of carbonyl (C=O) groups excluding carboxylic acids is 1. The Kier molecular flexibility index (Phi) is 4.67. The molecule has 0 bridgehead atoms. The van der Waals surface area contributed by atoms with E-state index in [-0.39, 0.29) is 11.5 Å². The molecule has 2 rings (SSSR count). The van der Waals surface area contributed by atoms with Gasteiger partial charge in [-0.3, -0.25) is 9.59 Å². The number of likely N-dealkylation sites (tertiary alicyclic amines) is 1. The van der Waals surface area contributed by atoms with Crippen molar-refractivity contribution in [1.82, 2.24) is 4.90 Å². The average molecular weight is 297 g/mol. The standard InChI is InChI=1S/C15H17F2NO3/c1-18-4-2-9(3-5-18)10-6-13(17)11(7-12(10)16)14(19)8-15(20)21/h6-7,9H,2-5,8H2,1H3,(H,20,21). The summed E-state index contributed by atoms with van der Waals surface area (Å²) in [6.07, 6.45) is 0.620. The van der Waals surface area contributed by atoms with Gasteiger partial charge in [0.2, 0.25) is 0 Å². The molecule has 1 aromatic rings. The number of rotatable bonds is 4. The Bertz CT molecular complexity index is 566. The molecule has 1 fully saturated rings. The van der Waals surface area contributed by atoms with Gasteiger partial charge in [-0.05, 0) is 56.6 Å². The number of nitrogens with zero attached hydrogens (tertiary/aromatic N) is 1. The lowest BCUT2D eigenvalue weighted by molar-refractivity contribution is -0.135. The van der Waals surface area contributed by atoms with Crippen LogP contribution >= 0.6 is 0 Å². The smallest absolute Gasteiger partial charge is 0.311 e. The van der Waals surface area contributed by atoms with E-state index in [0.29, 0.717) is 0 Å². The molecule has 0 unspecified atom stereocenters. The summed E-state index contributed by atoms with van der Waals surface area (Å²) in [7, 11) is 1.97. The highest BCUT2D eigenvalue weighted by Crippen LogP contribution is 2.31. The first-order valence-corrected chi connectivity index (χ1v) is 6.81. The summed E-state index contributed by atoms with van der Waals surface area (Å²) in [5, 5.41) is 8.55. The third-order valence-corrected chi connectivity index (χ3v) is 3.86. The number of carbonyl (C=O) groups is 2. The van der Waals surface area contributed by atoms with Gasteiger partial charge < -0.3 is 10.0 Å². The summed E-state index contributed by atoms with van der Waals surface area (Å²) in [4.78, 5) is 24.2. The van der Waals surface area contributed by atoms with Crippen molar-refractivity contribution in [3.8, 4) is 0 Å². The van der Waals surface area contributed by atoms with Gasteiger partial charge in [-0.25, -0.2) is 8.78 Å². The van der Waals surface area contributed by atoms with Crippen molar-refractivity contribution < 1.29 is 23.5 Å². The molecule has 0 saturated carbocycles. The minimum atomic E-state index is -1.36. The van der Waals surface area contributed by atoms with Crippen molar-refractivity contribution in [1.29, 1.82) is 0 Å². The number of Topliss-reactive ketones (excluding diaryl/α,β-unsaturated/α-hetero) is 1. The lowest BCUT2D eigenvalue weighted by atomic mass is 9.88. The fourth-order valence-corrected chi connectivity index (χ4v) is 2.64. The van der Waals surface area contributed by atoms with Gasteiger partial charge in [-0.2, -0.15) is 0 Å². The van der Waals surface area contributed by atoms with E-state index >= 15 is 0 Å². The van der Waals surface area contributed by atoms with Crippen molar-refractivity contribution in [2.75, 3.05) is 20.1 Å². The highest BCUT2D eigenvalue weighted by atomic mass is 19.1. The van der Waals surface area contributed by atoms with Crippen molar-refractivity contribution in [3.05, 3.63) is 34.9 Å². The first kappa shape index (κ1) is 15.6. The van der Waals surface area contributed by atoms with Crippen LogP contribution in [0.1, 0.15) is 41.1 Å². The number of carboxylic acid groups (broad SMARTS) is 1. The summed E-state index contributed by atoms with van der Waals surface area (Å²) < 4.78 is 28.1. The fraction of sp³-hybridized carbons (Fsp3) is 0.467. The average Bonchev–Trinajstić information content (AvgIpc) is 2.41. The molecule has 0 aliphatic carbocycles. The molecule has 0 spiro atoms. The molecule has 1 N–H and O–H groups in total. The van der Waals surface area contributed by atoms with Crippen LogP contribution in [-0.2, 0) is 4.79 Å². The number of carboxylic acids is 1. The Morgan fingerprint density at radius 2 is 1.86 bits per heavy atom. The topological polar surface area (TPSA) is 57.6 Å². The van der Waals surface area contributed by atoms with Crippen molar-refractivity contribution in [2.24, 2.45) is 0 Å². The van der Waals surface area contributed by atoms with Gasteiger partial charge in [0.15, 0.2) is 5.78 Å². The van der Waals surface area contributed by atoms with Crippen LogP contribution in [-0.4, -0.2) is 41.9 Å². The Balaban J connectivity index is 2.24. The van der Waals surface area contributed by atoms with Gasteiger partial charge in [0.1, 0.15) is 18.1 Å². The molecule has 4 nitrogen and oxygen atoms in total. The summed E-state index contributed by atoms with van der Waals surface area (Å²) >= 11 is 0. The van der Waals surface area contributed by atoms with Gasteiger partial charge in [0, 0.05) is 0 Å². The molecule has 0 aromatic heterocycles. The third kappa shape index (κ3) is 3.64. The molecule has 114 valence electrons. The molecule has 0 radical (unpaired) electrons. The number of halogens is 2. The maximum atomic E-state index is 14.1. The minimum absolute atomic E-state index is 0.0701. The van der Waals surface area contributed by atoms with Gasteiger partial charge in [-0.1, -0.05) is 0 Å². The van der Waals surface area contributed by atoms with Crippen LogP contribution in [0.2, 0.25) is 0 Å². The zero-order valence-electron chi connectivity index (χ0n) is 11.7. The molecule has 6 heteroatoms. The second-order valence-electron chi connectivity index (χ2n) is 5.42. The van der Waals surface area contributed by atoms with E-state index < -0.39 is 35.4 Å². The van der Waals surface area contributed by atoms with Crippen molar-refractivity contribution in [3.63, 3.8) is 0 Å². The maximum absolute atomic E-state index is 14.1. The van der Waals surface area contributed by atoms with Gasteiger partial charge >= 0.3 is 5.97 Å². The summed E-state index contributed by atoms with van der Waals surface area (Å²) in [5.41, 5.74) is -0.223. The Labute approximate surface area is 121 Å². The van der Waals surface area contributed by atoms with Crippen LogP contribution in [0.4, 0.5) is 8.78 Å². The molecule has 21 heavy (non-hydrogen) atoms. The van der Waals surface area contributed by atoms with Gasteiger partial charge in [0.25, 0.3) is 0 Å². The number of hydrogen-bond donors (Lipinski definition) is 1. The van der Waals surface area contributed by atoms with Crippen LogP contribution in [0.25, 0.3) is 0 Å². The Morgan fingerprint density at radius 3 is 2.43 bits per heavy atom. The number of hydrogen-bond acceptors (Lipinski definition) is 3. The monoisotopic (exact) mass is 297 g/mol. The molecule has 0 amide bonds. The lowest BCUT2D eigenvalue weighted by Crippen LogP contribution is -2.29. The van der Waals surface area contributed by atoms with Gasteiger partial charge in [-0.15, -0.1) is 0 Å². The van der Waals surface area contributed by atoms with Crippen molar-refractivity contribution >= 4 is 11.8 Å². The molecule has 1 aliphatic rings. The maximum Gasteiger partial charge on any atom is 0.311 e. The molecule has 1 aromatic carbocycles. The van der Waals surface area contributed by atoms with E-state index in [0.717, 1.165) is 38.1 Å². The largest absolute Gasteiger partial charge is 0.481 e. The summed E-state index contributed by atoms with van der Waals surface area (Å²) in [5.74, 6) is -3.84. The van der Waals surface area contributed by atoms with E-state index in [1.54, 1.807) is 0 Å². The van der Waals surface area contributed by atoms with Gasteiger partial charge in [0.05, 0.1) is 5.56 Å². The molecule has 1 aliphatic heterocycles. The predicted octanol–water partition coefficient (Wildman–Crippen LogP) is 2.43. The normalized spacial score (nSPS) is 16.9. The lowest BCUT2D eigenvalue weighted by Gasteiger charge is -2.29. The van der Waals surface area contributed by atoms with E-state index in [9.17, 15) is 18.4 Å². The van der Waals surface area contributed by atoms with Crippen LogP contribution in [0, 0.1) is 11.6 Å². The molecule has 0 atom stereocenters. The second kappa shape index (κ2) is 6.30.